The Labute approximate surface area is 232 Å². The lowest BCUT2D eigenvalue weighted by molar-refractivity contribution is -0.139. The topological polar surface area (TPSA) is 86.8 Å². The Bertz CT molecular complexity index is 1420. The number of halogens is 3. The van der Waals surface area contributed by atoms with Gasteiger partial charge in [0.2, 0.25) is 11.8 Å². The molecule has 1 N–H and O–H groups in total. The van der Waals surface area contributed by atoms with Gasteiger partial charge in [0.1, 0.15) is 24.2 Å². The first kappa shape index (κ1) is 30.0. The Morgan fingerprint density at radius 1 is 0.923 bits per heavy atom. The fourth-order valence-electron chi connectivity index (χ4n) is 3.73. The van der Waals surface area contributed by atoms with Crippen LogP contribution >= 0.6 is 11.6 Å². The molecule has 0 radical (unpaired) electrons. The quantitative estimate of drug-likeness (QED) is 0.347. The molecule has 0 aliphatic heterocycles. The summed E-state index contributed by atoms with van der Waals surface area (Å²) in [6.07, 6.45) is 0. The fourth-order valence-corrected chi connectivity index (χ4v) is 5.34. The lowest BCUT2D eigenvalue weighted by Crippen LogP contribution is -2.51. The molecule has 208 valence electrons. The van der Waals surface area contributed by atoms with E-state index in [1.165, 1.54) is 55.5 Å². The van der Waals surface area contributed by atoms with Gasteiger partial charge in [-0.15, -0.1) is 0 Å². The highest BCUT2D eigenvalue weighted by molar-refractivity contribution is 7.92. The van der Waals surface area contributed by atoms with Crippen molar-refractivity contribution in [2.24, 2.45) is 5.92 Å². The predicted molar refractivity (Wildman–Crippen MR) is 147 cm³/mol. The highest BCUT2D eigenvalue weighted by Crippen LogP contribution is 2.28. The van der Waals surface area contributed by atoms with Gasteiger partial charge in [0.25, 0.3) is 10.0 Å². The molecular formula is C28H30ClF2N3O4S. The maximum atomic E-state index is 14.6. The molecule has 3 rings (SSSR count). The van der Waals surface area contributed by atoms with Crippen molar-refractivity contribution in [3.05, 3.63) is 95.0 Å². The van der Waals surface area contributed by atoms with Crippen molar-refractivity contribution in [2.45, 2.75) is 38.3 Å². The van der Waals surface area contributed by atoms with E-state index in [-0.39, 0.29) is 33.6 Å². The number of amides is 2. The number of sulfonamides is 1. The van der Waals surface area contributed by atoms with Crippen LogP contribution in [0.2, 0.25) is 5.02 Å². The third kappa shape index (κ3) is 7.54. The van der Waals surface area contributed by atoms with E-state index < -0.39 is 46.1 Å². The summed E-state index contributed by atoms with van der Waals surface area (Å²) in [5.74, 6) is -2.45. The number of nitrogens with zero attached hydrogens (tertiary/aromatic N) is 2. The van der Waals surface area contributed by atoms with Gasteiger partial charge in [-0.25, -0.2) is 17.2 Å². The SMILES string of the molecule is CC(C)CNC(=O)[C@H](C)N(Cc1ccccc1F)C(=O)CN(c1ccc(F)c(Cl)c1)S(=O)(=O)c1ccccc1. The van der Waals surface area contributed by atoms with Gasteiger partial charge in [-0.05, 0) is 49.2 Å². The summed E-state index contributed by atoms with van der Waals surface area (Å²) in [7, 11) is -4.33. The Balaban J connectivity index is 2.03. The summed E-state index contributed by atoms with van der Waals surface area (Å²) < 4.78 is 56.6. The van der Waals surface area contributed by atoms with Crippen LogP contribution in [0.4, 0.5) is 14.5 Å². The first-order valence-electron chi connectivity index (χ1n) is 12.2. The number of carbonyl (C=O) groups is 2. The summed E-state index contributed by atoms with van der Waals surface area (Å²) in [6, 6.07) is 15.4. The summed E-state index contributed by atoms with van der Waals surface area (Å²) in [5, 5.41) is 2.42. The van der Waals surface area contributed by atoms with E-state index in [1.807, 2.05) is 13.8 Å². The van der Waals surface area contributed by atoms with E-state index in [2.05, 4.69) is 5.32 Å². The Morgan fingerprint density at radius 3 is 2.18 bits per heavy atom. The van der Waals surface area contributed by atoms with Gasteiger partial charge < -0.3 is 10.2 Å². The van der Waals surface area contributed by atoms with E-state index in [4.69, 9.17) is 11.6 Å². The molecule has 0 bridgehead atoms. The van der Waals surface area contributed by atoms with Crippen molar-refractivity contribution >= 4 is 39.1 Å². The second-order valence-corrected chi connectivity index (χ2v) is 11.6. The van der Waals surface area contributed by atoms with Crippen molar-refractivity contribution in [2.75, 3.05) is 17.4 Å². The number of anilines is 1. The maximum Gasteiger partial charge on any atom is 0.264 e. The third-order valence-electron chi connectivity index (χ3n) is 5.95. The van der Waals surface area contributed by atoms with Crippen molar-refractivity contribution in [1.29, 1.82) is 0 Å². The maximum absolute atomic E-state index is 14.6. The van der Waals surface area contributed by atoms with E-state index in [0.29, 0.717) is 6.54 Å². The largest absolute Gasteiger partial charge is 0.354 e. The summed E-state index contributed by atoms with van der Waals surface area (Å²) in [4.78, 5) is 27.7. The van der Waals surface area contributed by atoms with Gasteiger partial charge in [-0.1, -0.05) is 61.8 Å². The highest BCUT2D eigenvalue weighted by atomic mass is 35.5. The zero-order valence-corrected chi connectivity index (χ0v) is 23.3. The van der Waals surface area contributed by atoms with Gasteiger partial charge in [-0.2, -0.15) is 0 Å². The lowest BCUT2D eigenvalue weighted by Gasteiger charge is -2.32. The Kier molecular flexibility index (Phi) is 10.0. The van der Waals surface area contributed by atoms with Gasteiger partial charge in [0.15, 0.2) is 0 Å². The molecule has 0 aliphatic carbocycles. The molecule has 0 unspecified atom stereocenters. The molecule has 0 aliphatic rings. The van der Waals surface area contributed by atoms with E-state index in [9.17, 15) is 26.8 Å². The minimum atomic E-state index is -4.33. The molecule has 11 heteroatoms. The summed E-state index contributed by atoms with van der Waals surface area (Å²) >= 11 is 5.94. The molecule has 2 amide bonds. The molecular weight excluding hydrogens is 548 g/mol. The van der Waals surface area contributed by atoms with Crippen LogP contribution in [0.1, 0.15) is 26.3 Å². The fraction of sp³-hybridized carbons (Fsp3) is 0.286. The Morgan fingerprint density at radius 2 is 1.56 bits per heavy atom. The van der Waals surface area contributed by atoms with Crippen molar-refractivity contribution < 1.29 is 26.8 Å². The summed E-state index contributed by atoms with van der Waals surface area (Å²) in [6.45, 7) is 4.62. The molecule has 3 aromatic carbocycles. The van der Waals surface area contributed by atoms with Gasteiger partial charge in [0.05, 0.1) is 15.6 Å². The molecule has 1 atom stereocenters. The zero-order valence-electron chi connectivity index (χ0n) is 21.8. The van der Waals surface area contributed by atoms with Gasteiger partial charge in [-0.3, -0.25) is 13.9 Å². The second kappa shape index (κ2) is 13.0. The molecule has 0 aromatic heterocycles. The average molecular weight is 578 g/mol. The van der Waals surface area contributed by atoms with E-state index in [0.717, 1.165) is 21.3 Å². The Hall–Kier alpha value is -3.50. The number of nitrogens with one attached hydrogen (secondary N) is 1. The van der Waals surface area contributed by atoms with E-state index >= 15 is 0 Å². The highest BCUT2D eigenvalue weighted by Gasteiger charge is 2.33. The monoisotopic (exact) mass is 577 g/mol. The molecule has 0 heterocycles. The summed E-state index contributed by atoms with van der Waals surface area (Å²) in [5.41, 5.74) is 0.0954. The lowest BCUT2D eigenvalue weighted by atomic mass is 10.1. The minimum Gasteiger partial charge on any atom is -0.354 e. The molecule has 7 nitrogen and oxygen atoms in total. The van der Waals surface area contributed by atoms with Gasteiger partial charge >= 0.3 is 0 Å². The average Bonchev–Trinajstić information content (AvgIpc) is 2.91. The minimum absolute atomic E-state index is 0.0543. The van der Waals surface area contributed by atoms with Crippen LogP contribution < -0.4 is 9.62 Å². The van der Waals surface area contributed by atoms with Crippen molar-refractivity contribution in [3.63, 3.8) is 0 Å². The molecule has 39 heavy (non-hydrogen) atoms. The molecule has 0 saturated carbocycles. The molecule has 0 spiro atoms. The van der Waals surface area contributed by atoms with Crippen LogP contribution in [0.15, 0.2) is 77.7 Å². The normalized spacial score (nSPS) is 12.2. The first-order chi connectivity index (χ1) is 18.4. The van der Waals surface area contributed by atoms with Crippen molar-refractivity contribution in [3.8, 4) is 0 Å². The predicted octanol–water partition coefficient (Wildman–Crippen LogP) is 5.00. The van der Waals surface area contributed by atoms with Crippen LogP contribution in [0.3, 0.4) is 0 Å². The standard InChI is InChI=1S/C28H30ClF2N3O4S/c1-19(2)16-32-28(36)20(3)33(17-21-9-7-8-12-25(21)30)27(35)18-34(22-13-14-26(31)24(29)15-22)39(37,38)23-10-5-4-6-11-23/h4-15,19-20H,16-18H2,1-3H3,(H,32,36)/t20-/m0/s1. The van der Waals surface area contributed by atoms with Crippen LogP contribution in [-0.4, -0.2) is 44.3 Å². The van der Waals surface area contributed by atoms with Crippen LogP contribution in [0, 0.1) is 17.6 Å². The van der Waals surface area contributed by atoms with Crippen LogP contribution in [0.5, 0.6) is 0 Å². The first-order valence-corrected chi connectivity index (χ1v) is 14.1. The number of carbonyl (C=O) groups excluding carboxylic acids is 2. The second-order valence-electron chi connectivity index (χ2n) is 9.35. The number of benzene rings is 3. The smallest absolute Gasteiger partial charge is 0.264 e. The van der Waals surface area contributed by atoms with Crippen LogP contribution in [-0.2, 0) is 26.2 Å². The van der Waals surface area contributed by atoms with Crippen molar-refractivity contribution in [1.82, 2.24) is 10.2 Å². The molecule has 0 saturated heterocycles. The zero-order chi connectivity index (χ0) is 28.7. The van der Waals surface area contributed by atoms with Crippen LogP contribution in [0.25, 0.3) is 0 Å². The van der Waals surface area contributed by atoms with E-state index in [1.54, 1.807) is 12.1 Å². The number of rotatable bonds is 11. The molecule has 3 aromatic rings. The molecule has 0 fully saturated rings. The number of hydrogen-bond acceptors (Lipinski definition) is 4. The number of hydrogen-bond donors (Lipinski definition) is 1. The third-order valence-corrected chi connectivity index (χ3v) is 8.03. The van der Waals surface area contributed by atoms with Gasteiger partial charge in [0, 0.05) is 18.7 Å².